The van der Waals surface area contributed by atoms with E-state index in [-0.39, 0.29) is 30.4 Å². The first kappa shape index (κ1) is 23.5. The van der Waals surface area contributed by atoms with Gasteiger partial charge < -0.3 is 15.0 Å². The molecular weight excluding hydrogens is 446 g/mol. The summed E-state index contributed by atoms with van der Waals surface area (Å²) >= 11 is 0. The second-order valence-corrected chi connectivity index (χ2v) is 10.1. The molecule has 0 bridgehead atoms. The first-order valence-corrected chi connectivity index (χ1v) is 12.6. The van der Waals surface area contributed by atoms with Gasteiger partial charge in [0.15, 0.2) is 0 Å². The van der Waals surface area contributed by atoms with Gasteiger partial charge in [0.05, 0.1) is 6.20 Å². The van der Waals surface area contributed by atoms with Crippen LogP contribution in [0.4, 0.5) is 0 Å². The van der Waals surface area contributed by atoms with E-state index in [1.165, 1.54) is 6.42 Å². The highest BCUT2D eigenvalue weighted by Gasteiger charge is 2.39. The van der Waals surface area contributed by atoms with Crippen LogP contribution in [0.5, 0.6) is 5.75 Å². The van der Waals surface area contributed by atoms with Crippen molar-refractivity contribution in [2.45, 2.75) is 89.7 Å². The van der Waals surface area contributed by atoms with Gasteiger partial charge in [-0.2, -0.15) is 5.10 Å². The van der Waals surface area contributed by atoms with Gasteiger partial charge in [-0.25, -0.2) is 0 Å². The number of nitrogens with one attached hydrogen (secondary N) is 2. The monoisotopic (exact) mass is 479 g/mol. The molecule has 1 unspecified atom stereocenters. The standard InChI is InChI=1S/C26H33N5O4/c1-16(2)31-14-17(13-28-31)12-27-21-5-3-4-6-23(21)35-19-7-8-20-18(11-19)15-30(26(20)34)22-9-10-24(32)29-25(22)33/h7-8,11,13-14,16,21-23,27H,3-6,9-10,12,15H2,1-2H3,(H,29,32,33)/t21-,22?,23-/m1/s1. The average Bonchev–Trinajstić information content (AvgIpc) is 3.43. The number of piperidine rings is 1. The predicted octanol–water partition coefficient (Wildman–Crippen LogP) is 2.70. The van der Waals surface area contributed by atoms with Gasteiger partial charge in [-0.15, -0.1) is 0 Å². The third-order valence-corrected chi connectivity index (χ3v) is 7.24. The topological polar surface area (TPSA) is 106 Å². The minimum absolute atomic E-state index is 0.0466. The summed E-state index contributed by atoms with van der Waals surface area (Å²) in [5.74, 6) is -0.0994. The van der Waals surface area contributed by atoms with E-state index >= 15 is 0 Å². The highest BCUT2D eigenvalue weighted by atomic mass is 16.5. The van der Waals surface area contributed by atoms with Crippen LogP contribution in [-0.4, -0.2) is 50.6 Å². The number of ether oxygens (including phenoxy) is 1. The van der Waals surface area contributed by atoms with Crippen molar-refractivity contribution in [3.8, 4) is 5.75 Å². The maximum absolute atomic E-state index is 12.9. The van der Waals surface area contributed by atoms with Crippen LogP contribution in [0.25, 0.3) is 0 Å². The highest BCUT2D eigenvalue weighted by molar-refractivity contribution is 6.05. The van der Waals surface area contributed by atoms with Crippen LogP contribution in [0.2, 0.25) is 0 Å². The molecule has 3 heterocycles. The number of hydrogen-bond acceptors (Lipinski definition) is 6. The number of carbonyl (C=O) groups is 3. The van der Waals surface area contributed by atoms with Crippen molar-refractivity contribution < 1.29 is 19.1 Å². The Bertz CT molecular complexity index is 1130. The Morgan fingerprint density at radius 3 is 2.77 bits per heavy atom. The van der Waals surface area contributed by atoms with Crippen molar-refractivity contribution in [3.63, 3.8) is 0 Å². The molecule has 1 saturated carbocycles. The van der Waals surface area contributed by atoms with Gasteiger partial charge in [0.2, 0.25) is 11.8 Å². The zero-order valence-electron chi connectivity index (χ0n) is 20.3. The normalized spacial score (nSPS) is 24.6. The van der Waals surface area contributed by atoms with Crippen molar-refractivity contribution in [1.82, 2.24) is 25.3 Å². The molecule has 5 rings (SSSR count). The summed E-state index contributed by atoms with van der Waals surface area (Å²) in [7, 11) is 0. The molecule has 0 spiro atoms. The first-order chi connectivity index (χ1) is 16.9. The molecule has 2 N–H and O–H groups in total. The third-order valence-electron chi connectivity index (χ3n) is 7.24. The van der Waals surface area contributed by atoms with Gasteiger partial charge in [0, 0.05) is 48.9 Å². The van der Waals surface area contributed by atoms with Crippen LogP contribution in [-0.2, 0) is 22.7 Å². The SMILES string of the molecule is CC(C)n1cc(CN[C@@H]2CCCC[C@H]2Oc2ccc3c(c2)CN(C2CCC(=O)NC2=O)C3=O)cn1. The fraction of sp³-hybridized carbons (Fsp3) is 0.538. The number of amides is 3. The Morgan fingerprint density at radius 1 is 1.17 bits per heavy atom. The quantitative estimate of drug-likeness (QED) is 0.592. The predicted molar refractivity (Wildman–Crippen MR) is 129 cm³/mol. The summed E-state index contributed by atoms with van der Waals surface area (Å²) in [6.45, 7) is 5.33. The van der Waals surface area contributed by atoms with Gasteiger partial charge in [0.25, 0.3) is 5.91 Å². The van der Waals surface area contributed by atoms with E-state index in [2.05, 4.69) is 35.8 Å². The van der Waals surface area contributed by atoms with Gasteiger partial charge >= 0.3 is 0 Å². The van der Waals surface area contributed by atoms with Crippen LogP contribution < -0.4 is 15.4 Å². The molecule has 1 aromatic carbocycles. The molecule has 3 atom stereocenters. The Morgan fingerprint density at radius 2 is 2.00 bits per heavy atom. The maximum atomic E-state index is 12.9. The largest absolute Gasteiger partial charge is 0.489 e. The molecule has 3 aliphatic rings. The Hall–Kier alpha value is -3.20. The Kier molecular flexibility index (Phi) is 6.60. The zero-order valence-corrected chi connectivity index (χ0v) is 20.3. The molecule has 186 valence electrons. The number of hydrogen-bond donors (Lipinski definition) is 2. The van der Waals surface area contributed by atoms with Gasteiger partial charge in [0.1, 0.15) is 17.9 Å². The van der Waals surface area contributed by atoms with Crippen molar-refractivity contribution in [3.05, 3.63) is 47.3 Å². The minimum atomic E-state index is -0.607. The van der Waals surface area contributed by atoms with E-state index in [9.17, 15) is 14.4 Å². The molecule has 35 heavy (non-hydrogen) atoms. The van der Waals surface area contributed by atoms with Gasteiger partial charge in [-0.05, 0) is 63.3 Å². The number of carbonyl (C=O) groups excluding carboxylic acids is 3. The lowest BCUT2D eigenvalue weighted by atomic mass is 9.92. The maximum Gasteiger partial charge on any atom is 0.255 e. The molecule has 2 aliphatic heterocycles. The molecule has 9 nitrogen and oxygen atoms in total. The summed E-state index contributed by atoms with van der Waals surface area (Å²) < 4.78 is 8.41. The smallest absolute Gasteiger partial charge is 0.255 e. The lowest BCUT2D eigenvalue weighted by molar-refractivity contribution is -0.136. The van der Waals surface area contributed by atoms with Crippen LogP contribution in [0.15, 0.2) is 30.6 Å². The summed E-state index contributed by atoms with van der Waals surface area (Å²) in [6.07, 6.45) is 8.98. The summed E-state index contributed by atoms with van der Waals surface area (Å²) in [5.41, 5.74) is 2.62. The molecule has 2 fully saturated rings. The summed E-state index contributed by atoms with van der Waals surface area (Å²) in [4.78, 5) is 38.3. The van der Waals surface area contributed by atoms with Crippen LogP contribution in [0.1, 0.15) is 79.9 Å². The van der Waals surface area contributed by atoms with E-state index < -0.39 is 11.9 Å². The second kappa shape index (κ2) is 9.81. The number of nitrogens with zero attached hydrogens (tertiary/aromatic N) is 3. The van der Waals surface area contributed by atoms with Gasteiger partial charge in [-0.1, -0.05) is 6.42 Å². The summed E-state index contributed by atoms with van der Waals surface area (Å²) in [6, 6.07) is 5.54. The molecule has 3 amide bonds. The van der Waals surface area contributed by atoms with Crippen molar-refractivity contribution in [2.24, 2.45) is 0 Å². The molecule has 1 aromatic heterocycles. The fourth-order valence-electron chi connectivity index (χ4n) is 5.27. The molecule has 1 aliphatic carbocycles. The van der Waals surface area contributed by atoms with Crippen LogP contribution in [0, 0.1) is 0 Å². The van der Waals surface area contributed by atoms with E-state index in [4.69, 9.17) is 4.74 Å². The number of rotatable bonds is 7. The number of imide groups is 1. The van der Waals surface area contributed by atoms with Crippen molar-refractivity contribution in [2.75, 3.05) is 0 Å². The second-order valence-electron chi connectivity index (χ2n) is 10.1. The van der Waals surface area contributed by atoms with Gasteiger partial charge in [-0.3, -0.25) is 24.4 Å². The van der Waals surface area contributed by atoms with Crippen LogP contribution in [0.3, 0.4) is 0 Å². The van der Waals surface area contributed by atoms with E-state index in [1.54, 1.807) is 11.0 Å². The third kappa shape index (κ3) is 4.96. The number of aromatic nitrogens is 2. The number of benzene rings is 1. The average molecular weight is 480 g/mol. The van der Waals surface area contributed by atoms with E-state index in [1.807, 2.05) is 23.0 Å². The lowest BCUT2D eigenvalue weighted by Crippen LogP contribution is -2.52. The molecule has 1 saturated heterocycles. The summed E-state index contributed by atoms with van der Waals surface area (Å²) in [5, 5.41) is 10.4. The van der Waals surface area contributed by atoms with E-state index in [0.29, 0.717) is 24.6 Å². The first-order valence-electron chi connectivity index (χ1n) is 12.6. The molecule has 0 radical (unpaired) electrons. The van der Waals surface area contributed by atoms with E-state index in [0.717, 1.165) is 42.7 Å². The molecule has 2 aromatic rings. The molecular formula is C26H33N5O4. The highest BCUT2D eigenvalue weighted by Crippen LogP contribution is 2.32. The molecule has 9 heteroatoms. The zero-order chi connectivity index (χ0) is 24.5. The number of fused-ring (bicyclic) bond motifs is 1. The van der Waals surface area contributed by atoms with Crippen molar-refractivity contribution in [1.29, 1.82) is 0 Å². The minimum Gasteiger partial charge on any atom is -0.489 e. The Balaban J connectivity index is 1.23. The lowest BCUT2D eigenvalue weighted by Gasteiger charge is -2.32. The Labute approximate surface area is 205 Å². The fourth-order valence-corrected chi connectivity index (χ4v) is 5.27. The van der Waals surface area contributed by atoms with Crippen LogP contribution >= 0.6 is 0 Å². The van der Waals surface area contributed by atoms with Crippen molar-refractivity contribution >= 4 is 17.7 Å².